The van der Waals surface area contributed by atoms with Crippen LogP contribution in [0.1, 0.15) is 16.8 Å². The molecule has 4 nitrogen and oxygen atoms in total. The lowest BCUT2D eigenvalue weighted by atomic mass is 10.2. The molecule has 2 heterocycles. The Bertz CT molecular complexity index is 586. The van der Waals surface area contributed by atoms with Gasteiger partial charge in [-0.15, -0.1) is 0 Å². The van der Waals surface area contributed by atoms with E-state index in [0.29, 0.717) is 28.9 Å². The monoisotopic (exact) mass is 308 g/mol. The minimum Gasteiger partial charge on any atom is -0.465 e. The molecule has 0 saturated carbocycles. The minimum atomic E-state index is 0.0203. The van der Waals surface area contributed by atoms with Gasteiger partial charge in [0.2, 0.25) is 0 Å². The molecule has 0 aliphatic carbocycles. The van der Waals surface area contributed by atoms with E-state index in [-0.39, 0.29) is 12.0 Å². The lowest BCUT2D eigenvalue weighted by Crippen LogP contribution is -2.30. The summed E-state index contributed by atoms with van der Waals surface area (Å²) in [6, 6.07) is 6.96. The van der Waals surface area contributed by atoms with Gasteiger partial charge in [0, 0.05) is 35.1 Å². The molecule has 1 amide bonds. The van der Waals surface area contributed by atoms with Crippen molar-refractivity contribution < 1.29 is 9.53 Å². The fourth-order valence-corrected chi connectivity index (χ4v) is 2.87. The first-order chi connectivity index (χ1) is 9.72. The van der Waals surface area contributed by atoms with E-state index in [0.717, 1.165) is 6.42 Å². The van der Waals surface area contributed by atoms with Gasteiger partial charge in [0.25, 0.3) is 11.1 Å². The van der Waals surface area contributed by atoms with E-state index >= 15 is 0 Å². The van der Waals surface area contributed by atoms with Gasteiger partial charge in [-0.1, -0.05) is 22.9 Å². The number of nitrogens with zero attached hydrogens (tertiary/aromatic N) is 2. The zero-order valence-corrected chi connectivity index (χ0v) is 12.2. The van der Waals surface area contributed by atoms with Gasteiger partial charge in [-0.2, -0.15) is 0 Å². The number of halogens is 1. The van der Waals surface area contributed by atoms with Crippen LogP contribution in [0.3, 0.4) is 0 Å². The van der Waals surface area contributed by atoms with E-state index in [4.69, 9.17) is 16.3 Å². The predicted octanol–water partition coefficient (Wildman–Crippen LogP) is 3.09. The molecule has 1 aromatic heterocycles. The van der Waals surface area contributed by atoms with Gasteiger partial charge in [0.05, 0.1) is 6.54 Å². The first-order valence-electron chi connectivity index (χ1n) is 6.33. The van der Waals surface area contributed by atoms with Crippen molar-refractivity contribution in [3.63, 3.8) is 0 Å². The lowest BCUT2D eigenvalue weighted by Gasteiger charge is -2.16. The molecule has 20 heavy (non-hydrogen) atoms. The third kappa shape index (κ3) is 2.94. The summed E-state index contributed by atoms with van der Waals surface area (Å²) in [6.07, 6.45) is 2.57. The quantitative estimate of drug-likeness (QED) is 0.875. The topological polar surface area (TPSA) is 42.4 Å². The van der Waals surface area contributed by atoms with E-state index in [2.05, 4.69) is 4.98 Å². The largest absolute Gasteiger partial charge is 0.465 e. The number of carbonyl (C=O) groups is 1. The molecule has 1 aromatic carbocycles. The van der Waals surface area contributed by atoms with Crippen LogP contribution in [0.4, 0.5) is 0 Å². The number of likely N-dealkylation sites (tertiary alicyclic amines) is 1. The van der Waals surface area contributed by atoms with Crippen molar-refractivity contribution >= 4 is 28.8 Å². The molecule has 1 unspecified atom stereocenters. The highest BCUT2D eigenvalue weighted by Crippen LogP contribution is 2.21. The molecule has 1 atom stereocenters. The summed E-state index contributed by atoms with van der Waals surface area (Å²) in [5.74, 6) is 0.0203. The van der Waals surface area contributed by atoms with Crippen LogP contribution < -0.4 is 4.74 Å². The molecular weight excluding hydrogens is 296 g/mol. The molecule has 1 saturated heterocycles. The van der Waals surface area contributed by atoms with Gasteiger partial charge in [-0.25, -0.2) is 4.98 Å². The second kappa shape index (κ2) is 5.81. The molecule has 0 spiro atoms. The summed E-state index contributed by atoms with van der Waals surface area (Å²) in [5.41, 5.74) is 0.657. The highest BCUT2D eigenvalue weighted by atomic mass is 35.5. The van der Waals surface area contributed by atoms with Crippen molar-refractivity contribution in [3.05, 3.63) is 46.4 Å². The smallest absolute Gasteiger partial charge is 0.273 e. The van der Waals surface area contributed by atoms with Crippen LogP contribution in [0.25, 0.3) is 0 Å². The maximum absolute atomic E-state index is 12.3. The first-order valence-corrected chi connectivity index (χ1v) is 7.59. The Balaban J connectivity index is 1.62. The second-order valence-corrected chi connectivity index (χ2v) is 5.88. The zero-order chi connectivity index (χ0) is 13.9. The fraction of sp³-hybridized carbons (Fsp3) is 0.286. The molecule has 6 heteroatoms. The number of aromatic nitrogens is 1. The van der Waals surface area contributed by atoms with Gasteiger partial charge in [-0.3, -0.25) is 4.79 Å². The molecule has 0 N–H and O–H groups in total. The molecule has 3 rings (SSSR count). The summed E-state index contributed by atoms with van der Waals surface area (Å²) in [7, 11) is 0. The van der Waals surface area contributed by atoms with Gasteiger partial charge >= 0.3 is 0 Å². The summed E-state index contributed by atoms with van der Waals surface area (Å²) in [4.78, 5) is 18.2. The Morgan fingerprint density at radius 1 is 1.40 bits per heavy atom. The second-order valence-electron chi connectivity index (χ2n) is 4.58. The molecule has 0 radical (unpaired) electrons. The highest BCUT2D eigenvalue weighted by molar-refractivity contribution is 7.11. The van der Waals surface area contributed by atoms with Gasteiger partial charge < -0.3 is 9.64 Å². The minimum absolute atomic E-state index is 0.0203. The van der Waals surface area contributed by atoms with Crippen molar-refractivity contribution in [1.29, 1.82) is 0 Å². The maximum Gasteiger partial charge on any atom is 0.273 e. The Hall–Kier alpha value is -1.59. The fourth-order valence-electron chi connectivity index (χ4n) is 2.20. The summed E-state index contributed by atoms with van der Waals surface area (Å²) < 4.78 is 5.74. The third-order valence-electron chi connectivity index (χ3n) is 3.20. The number of hydrogen-bond acceptors (Lipinski definition) is 4. The van der Waals surface area contributed by atoms with Crippen LogP contribution in [0.15, 0.2) is 35.8 Å². The first kappa shape index (κ1) is 13.4. The van der Waals surface area contributed by atoms with Crippen LogP contribution in [0, 0.1) is 0 Å². The number of benzene rings is 1. The highest BCUT2D eigenvalue weighted by Gasteiger charge is 2.28. The molecule has 1 aliphatic rings. The average Bonchev–Trinajstić information content (AvgIpc) is 3.11. The summed E-state index contributed by atoms with van der Waals surface area (Å²) >= 11 is 7.29. The average molecular weight is 309 g/mol. The van der Waals surface area contributed by atoms with E-state index in [9.17, 15) is 4.79 Å². The van der Waals surface area contributed by atoms with Crippen molar-refractivity contribution in [2.45, 2.75) is 12.5 Å². The third-order valence-corrected chi connectivity index (χ3v) is 4.11. The normalized spacial score (nSPS) is 18.2. The van der Waals surface area contributed by atoms with Gasteiger partial charge in [-0.05, 0) is 24.3 Å². The number of rotatable bonds is 3. The van der Waals surface area contributed by atoms with Crippen LogP contribution >= 0.6 is 22.9 Å². The van der Waals surface area contributed by atoms with Crippen molar-refractivity contribution in [2.75, 3.05) is 13.1 Å². The maximum atomic E-state index is 12.3. The Kier molecular flexibility index (Phi) is 3.89. The van der Waals surface area contributed by atoms with Crippen LogP contribution in [0.5, 0.6) is 5.19 Å². The molecule has 2 aromatic rings. The summed E-state index contributed by atoms with van der Waals surface area (Å²) in [5, 5.41) is 3.17. The molecule has 104 valence electrons. The predicted molar refractivity (Wildman–Crippen MR) is 78.5 cm³/mol. The number of carbonyl (C=O) groups excluding carboxylic acids is 1. The van der Waals surface area contributed by atoms with Crippen molar-refractivity contribution in [1.82, 2.24) is 9.88 Å². The Morgan fingerprint density at radius 2 is 2.20 bits per heavy atom. The number of ether oxygens (including phenoxy) is 1. The standard InChI is InChI=1S/C14H13ClN2O2S/c15-11-3-1-10(2-4-11)13(18)17-7-5-12(9-17)19-14-16-6-8-20-14/h1-4,6,8,12H,5,7,9H2. The van der Waals surface area contributed by atoms with Gasteiger partial charge in [0.1, 0.15) is 6.10 Å². The van der Waals surface area contributed by atoms with Crippen molar-refractivity contribution in [3.8, 4) is 5.19 Å². The van der Waals surface area contributed by atoms with E-state index in [1.54, 1.807) is 30.5 Å². The van der Waals surface area contributed by atoms with E-state index < -0.39 is 0 Å². The van der Waals surface area contributed by atoms with Crippen LogP contribution in [0.2, 0.25) is 5.02 Å². The van der Waals surface area contributed by atoms with Crippen LogP contribution in [-0.2, 0) is 0 Å². The van der Waals surface area contributed by atoms with E-state index in [1.807, 2.05) is 10.3 Å². The molecule has 1 fully saturated rings. The van der Waals surface area contributed by atoms with Crippen LogP contribution in [-0.4, -0.2) is 35.0 Å². The number of amides is 1. The zero-order valence-electron chi connectivity index (χ0n) is 10.7. The Labute approximate surface area is 126 Å². The molecular formula is C14H13ClN2O2S. The lowest BCUT2D eigenvalue weighted by molar-refractivity contribution is 0.0772. The van der Waals surface area contributed by atoms with E-state index in [1.165, 1.54) is 11.3 Å². The van der Waals surface area contributed by atoms with Crippen molar-refractivity contribution in [2.24, 2.45) is 0 Å². The number of thiazole rings is 1. The van der Waals surface area contributed by atoms with Gasteiger partial charge in [0.15, 0.2) is 0 Å². The SMILES string of the molecule is O=C(c1ccc(Cl)cc1)N1CCC(Oc2nccs2)C1. The molecule has 0 bridgehead atoms. The number of hydrogen-bond donors (Lipinski definition) is 0. The molecule has 1 aliphatic heterocycles. The summed E-state index contributed by atoms with van der Waals surface area (Å²) in [6.45, 7) is 1.30. The Morgan fingerprint density at radius 3 is 2.90 bits per heavy atom.